The summed E-state index contributed by atoms with van der Waals surface area (Å²) >= 11 is 0. The molecule has 0 saturated heterocycles. The predicted molar refractivity (Wildman–Crippen MR) is 73.2 cm³/mol. The number of hydrogen-bond donors (Lipinski definition) is 2. The third kappa shape index (κ3) is 5.29. The van der Waals surface area contributed by atoms with E-state index in [0.717, 1.165) is 0 Å². The van der Waals surface area contributed by atoms with Gasteiger partial charge in [0.05, 0.1) is 13.7 Å². The van der Waals surface area contributed by atoms with Crippen molar-refractivity contribution in [2.45, 2.75) is 33.0 Å². The smallest absolute Gasteiger partial charge is 0.387 e. The number of nitrogens with two attached hydrogens (primary N) is 1. The number of nitrogens with one attached hydrogen (secondary N) is 1. The van der Waals surface area contributed by atoms with Crippen LogP contribution in [0, 0.1) is 0 Å². The van der Waals surface area contributed by atoms with Crippen LogP contribution in [0.25, 0.3) is 0 Å². The Labute approximate surface area is 116 Å². The fourth-order valence-corrected chi connectivity index (χ4v) is 1.53. The molecule has 0 aliphatic carbocycles. The van der Waals surface area contributed by atoms with Gasteiger partial charge in [-0.15, -0.1) is 0 Å². The quantitative estimate of drug-likeness (QED) is 0.621. The summed E-state index contributed by atoms with van der Waals surface area (Å²) in [6.45, 7) is 1.22. The highest BCUT2D eigenvalue weighted by Crippen LogP contribution is 2.29. The van der Waals surface area contributed by atoms with Gasteiger partial charge in [0.25, 0.3) is 0 Å². The average Bonchev–Trinajstić information content (AvgIpc) is 2.35. The highest BCUT2D eigenvalue weighted by molar-refractivity contribution is 5.78. The number of alkyl halides is 2. The molecule has 0 aliphatic heterocycles. The molecule has 112 valence electrons. The minimum Gasteiger partial charge on any atom is -0.493 e. The Hall–Kier alpha value is -2.05. The van der Waals surface area contributed by atoms with Crippen molar-refractivity contribution in [1.29, 1.82) is 0 Å². The van der Waals surface area contributed by atoms with E-state index in [0.29, 0.717) is 11.5 Å². The first-order valence-corrected chi connectivity index (χ1v) is 6.10. The number of halogens is 2. The van der Waals surface area contributed by atoms with Gasteiger partial charge in [0.2, 0.25) is 0 Å². The molecule has 0 aromatic heterocycles. The van der Waals surface area contributed by atoms with Gasteiger partial charge in [-0.25, -0.2) is 4.99 Å². The van der Waals surface area contributed by atoms with Crippen molar-refractivity contribution in [3.8, 4) is 11.5 Å². The standard InChI is InChI=1S/C13H19F2N3O2/c1-8(2)18-13(16)17-7-9-4-5-10(19-3)11(6-9)20-12(14)15/h4-6,8,12H,7H2,1-3H3,(H3,16,17,18). The topological polar surface area (TPSA) is 68.9 Å². The molecule has 0 heterocycles. The molecule has 3 N–H and O–H groups in total. The molecule has 1 rings (SSSR count). The summed E-state index contributed by atoms with van der Waals surface area (Å²) in [4.78, 5) is 4.11. The normalized spacial score (nSPS) is 11.8. The van der Waals surface area contributed by atoms with Crippen LogP contribution in [0.15, 0.2) is 23.2 Å². The third-order valence-electron chi connectivity index (χ3n) is 2.31. The summed E-state index contributed by atoms with van der Waals surface area (Å²) in [5.74, 6) is 0.518. The minimum atomic E-state index is -2.91. The molecule has 5 nitrogen and oxygen atoms in total. The summed E-state index contributed by atoms with van der Waals surface area (Å²) < 4.78 is 33.9. The molecule has 1 aromatic carbocycles. The molecule has 0 saturated carbocycles. The van der Waals surface area contributed by atoms with Crippen molar-refractivity contribution in [3.63, 3.8) is 0 Å². The van der Waals surface area contributed by atoms with E-state index in [2.05, 4.69) is 15.0 Å². The van der Waals surface area contributed by atoms with Gasteiger partial charge in [-0.3, -0.25) is 0 Å². The van der Waals surface area contributed by atoms with Crippen LogP contribution in [0.1, 0.15) is 19.4 Å². The van der Waals surface area contributed by atoms with Gasteiger partial charge >= 0.3 is 6.61 Å². The number of nitrogens with zero attached hydrogens (tertiary/aromatic N) is 1. The Morgan fingerprint density at radius 2 is 2.05 bits per heavy atom. The Balaban J connectivity index is 2.81. The second-order valence-electron chi connectivity index (χ2n) is 4.36. The van der Waals surface area contributed by atoms with E-state index < -0.39 is 6.61 Å². The first kappa shape index (κ1) is 16.0. The molecular weight excluding hydrogens is 268 g/mol. The van der Waals surface area contributed by atoms with Crippen LogP contribution in [0.5, 0.6) is 11.5 Å². The maximum Gasteiger partial charge on any atom is 0.387 e. The third-order valence-corrected chi connectivity index (χ3v) is 2.31. The number of guanidine groups is 1. The molecular formula is C13H19F2N3O2. The van der Waals surface area contributed by atoms with E-state index in [4.69, 9.17) is 10.5 Å². The van der Waals surface area contributed by atoms with Crippen LogP contribution in [-0.4, -0.2) is 25.7 Å². The lowest BCUT2D eigenvalue weighted by molar-refractivity contribution is -0.0512. The Morgan fingerprint density at radius 3 is 2.60 bits per heavy atom. The molecule has 1 aromatic rings. The van der Waals surface area contributed by atoms with Crippen LogP contribution < -0.4 is 20.5 Å². The monoisotopic (exact) mass is 287 g/mol. The Morgan fingerprint density at radius 1 is 1.35 bits per heavy atom. The van der Waals surface area contributed by atoms with E-state index in [1.807, 2.05) is 13.8 Å². The SMILES string of the molecule is COc1ccc(CN=C(N)NC(C)C)cc1OC(F)F. The van der Waals surface area contributed by atoms with Gasteiger partial charge in [0, 0.05) is 6.04 Å². The van der Waals surface area contributed by atoms with Gasteiger partial charge in [-0.1, -0.05) is 6.07 Å². The zero-order chi connectivity index (χ0) is 15.1. The van der Waals surface area contributed by atoms with Crippen molar-refractivity contribution in [2.75, 3.05) is 7.11 Å². The van der Waals surface area contributed by atoms with Crippen LogP contribution in [0.3, 0.4) is 0 Å². The fraction of sp³-hybridized carbons (Fsp3) is 0.462. The molecule has 0 radical (unpaired) electrons. The van der Waals surface area contributed by atoms with E-state index in [-0.39, 0.29) is 24.1 Å². The summed E-state index contributed by atoms with van der Waals surface area (Å²) in [5, 5.41) is 2.93. The molecule has 0 amide bonds. The summed E-state index contributed by atoms with van der Waals surface area (Å²) in [6.07, 6.45) is 0. The first-order valence-electron chi connectivity index (χ1n) is 6.10. The van der Waals surface area contributed by atoms with Crippen molar-refractivity contribution in [2.24, 2.45) is 10.7 Å². The zero-order valence-corrected chi connectivity index (χ0v) is 11.7. The molecule has 0 fully saturated rings. The van der Waals surface area contributed by atoms with Gasteiger partial charge < -0.3 is 20.5 Å². The lowest BCUT2D eigenvalue weighted by Crippen LogP contribution is -2.36. The lowest BCUT2D eigenvalue weighted by atomic mass is 10.2. The van der Waals surface area contributed by atoms with Crippen molar-refractivity contribution in [3.05, 3.63) is 23.8 Å². The fourth-order valence-electron chi connectivity index (χ4n) is 1.53. The molecule has 7 heteroatoms. The summed E-state index contributed by atoms with van der Waals surface area (Å²) in [7, 11) is 1.38. The number of hydrogen-bond acceptors (Lipinski definition) is 3. The largest absolute Gasteiger partial charge is 0.493 e. The number of benzene rings is 1. The molecule has 0 aliphatic rings. The van der Waals surface area contributed by atoms with Gasteiger partial charge in [-0.05, 0) is 31.5 Å². The van der Waals surface area contributed by atoms with Gasteiger partial charge in [-0.2, -0.15) is 8.78 Å². The molecule has 0 spiro atoms. The van der Waals surface area contributed by atoms with Gasteiger partial charge in [0.1, 0.15) is 0 Å². The van der Waals surface area contributed by atoms with Crippen molar-refractivity contribution >= 4 is 5.96 Å². The second kappa shape index (κ2) is 7.52. The number of methoxy groups -OCH3 is 1. The van der Waals surface area contributed by atoms with E-state index in [9.17, 15) is 8.78 Å². The number of rotatable bonds is 6. The summed E-state index contributed by atoms with van der Waals surface area (Å²) in [5.41, 5.74) is 6.35. The predicted octanol–water partition coefficient (Wildman–Crippen LogP) is 2.11. The molecule has 20 heavy (non-hydrogen) atoms. The Bertz CT molecular complexity index is 465. The second-order valence-corrected chi connectivity index (χ2v) is 4.36. The van der Waals surface area contributed by atoms with Crippen molar-refractivity contribution in [1.82, 2.24) is 5.32 Å². The van der Waals surface area contributed by atoms with Crippen LogP contribution in [0.4, 0.5) is 8.78 Å². The first-order chi connectivity index (χ1) is 9.42. The number of ether oxygens (including phenoxy) is 2. The highest BCUT2D eigenvalue weighted by atomic mass is 19.3. The van der Waals surface area contributed by atoms with Crippen LogP contribution in [-0.2, 0) is 6.54 Å². The van der Waals surface area contributed by atoms with E-state index in [1.165, 1.54) is 13.2 Å². The van der Waals surface area contributed by atoms with E-state index >= 15 is 0 Å². The van der Waals surface area contributed by atoms with E-state index in [1.54, 1.807) is 12.1 Å². The molecule has 0 unspecified atom stereocenters. The maximum absolute atomic E-state index is 12.3. The molecule has 0 bridgehead atoms. The van der Waals surface area contributed by atoms with Gasteiger partial charge in [0.15, 0.2) is 17.5 Å². The lowest BCUT2D eigenvalue weighted by Gasteiger charge is -2.11. The Kier molecular flexibility index (Phi) is 6.02. The highest BCUT2D eigenvalue weighted by Gasteiger charge is 2.11. The molecule has 0 atom stereocenters. The zero-order valence-electron chi connectivity index (χ0n) is 11.7. The minimum absolute atomic E-state index is 0.0226. The average molecular weight is 287 g/mol. The summed E-state index contributed by atoms with van der Waals surface area (Å²) in [6, 6.07) is 4.89. The maximum atomic E-state index is 12.3. The number of aliphatic imine (C=N–C) groups is 1. The van der Waals surface area contributed by atoms with Crippen molar-refractivity contribution < 1.29 is 18.3 Å². The van der Waals surface area contributed by atoms with Crippen LogP contribution in [0.2, 0.25) is 0 Å². The van der Waals surface area contributed by atoms with Crippen LogP contribution >= 0.6 is 0 Å².